The van der Waals surface area contributed by atoms with Gasteiger partial charge in [-0.25, -0.2) is 0 Å². The summed E-state index contributed by atoms with van der Waals surface area (Å²) >= 11 is 24.5. The minimum atomic E-state index is -1.95. The molecule has 0 bridgehead atoms. The van der Waals surface area contributed by atoms with Gasteiger partial charge in [-0.3, -0.25) is 9.59 Å². The summed E-state index contributed by atoms with van der Waals surface area (Å²) in [6, 6.07) is 0. The number of carboxylic acid groups (broad SMARTS) is 2. The van der Waals surface area contributed by atoms with Gasteiger partial charge in [0, 0.05) is 0 Å². The Morgan fingerprint density at radius 1 is 0.818 bits per heavy atom. The molecular weight excluding hydrogens is 374 g/mol. The second kappa shape index (κ2) is 7.00. The molecule has 1 aliphatic rings. The highest BCUT2D eigenvalue weighted by molar-refractivity contribution is 6.52. The third-order valence-corrected chi connectivity index (χ3v) is 6.11. The van der Waals surface area contributed by atoms with Gasteiger partial charge in [0.1, 0.15) is 10.8 Å². The highest BCUT2D eigenvalue weighted by Gasteiger charge is 2.67. The summed E-state index contributed by atoms with van der Waals surface area (Å²) in [4.78, 5) is 24.2. The zero-order valence-corrected chi connectivity index (χ0v) is 15.1. The molecule has 0 radical (unpaired) electrons. The van der Waals surface area contributed by atoms with Gasteiger partial charge in [0.25, 0.3) is 0 Å². The molecule has 22 heavy (non-hydrogen) atoms. The second-order valence-corrected chi connectivity index (χ2v) is 6.69. The van der Waals surface area contributed by atoms with E-state index in [0.717, 1.165) is 0 Å². The van der Waals surface area contributed by atoms with Crippen LogP contribution < -0.4 is 0 Å². The van der Waals surface area contributed by atoms with Crippen LogP contribution in [0, 0.1) is 10.8 Å². The van der Waals surface area contributed by atoms with E-state index in [2.05, 4.69) is 0 Å². The fraction of sp³-hybridized carbons (Fsp3) is 0.571. The SMILES string of the molecule is CCCC1(C(=O)O)C(Cl)=C(Cl)C(Cl)=C(Cl)C1(CCC)C(=O)O. The van der Waals surface area contributed by atoms with Crippen LogP contribution in [0.25, 0.3) is 0 Å². The van der Waals surface area contributed by atoms with Crippen molar-refractivity contribution in [2.24, 2.45) is 10.8 Å². The maximum atomic E-state index is 12.1. The quantitative estimate of drug-likeness (QED) is 0.660. The van der Waals surface area contributed by atoms with Crippen molar-refractivity contribution in [2.45, 2.75) is 39.5 Å². The molecule has 0 heterocycles. The van der Waals surface area contributed by atoms with Crippen LogP contribution in [0.15, 0.2) is 20.1 Å². The Morgan fingerprint density at radius 2 is 1.09 bits per heavy atom. The van der Waals surface area contributed by atoms with Crippen LogP contribution in [0.4, 0.5) is 0 Å². The summed E-state index contributed by atoms with van der Waals surface area (Å²) in [5, 5.41) is 18.7. The van der Waals surface area contributed by atoms with E-state index >= 15 is 0 Å². The molecular formula is C14H16Cl4O4. The molecule has 4 nitrogen and oxygen atoms in total. The molecule has 0 aromatic heterocycles. The van der Waals surface area contributed by atoms with E-state index in [0.29, 0.717) is 12.8 Å². The molecule has 0 spiro atoms. The normalized spacial score (nSPS) is 29.0. The summed E-state index contributed by atoms with van der Waals surface area (Å²) in [5.41, 5.74) is -3.89. The van der Waals surface area contributed by atoms with Crippen molar-refractivity contribution < 1.29 is 19.8 Å². The molecule has 1 aliphatic carbocycles. The van der Waals surface area contributed by atoms with E-state index in [4.69, 9.17) is 46.4 Å². The van der Waals surface area contributed by atoms with E-state index in [1.807, 2.05) is 0 Å². The van der Waals surface area contributed by atoms with Gasteiger partial charge in [-0.15, -0.1) is 0 Å². The smallest absolute Gasteiger partial charge is 0.316 e. The molecule has 0 aromatic carbocycles. The lowest BCUT2D eigenvalue weighted by molar-refractivity contribution is -0.167. The van der Waals surface area contributed by atoms with Crippen LogP contribution in [0.5, 0.6) is 0 Å². The van der Waals surface area contributed by atoms with E-state index < -0.39 is 22.8 Å². The monoisotopic (exact) mass is 388 g/mol. The molecule has 0 fully saturated rings. The van der Waals surface area contributed by atoms with E-state index in [9.17, 15) is 19.8 Å². The van der Waals surface area contributed by atoms with Crippen molar-refractivity contribution >= 4 is 58.3 Å². The predicted molar refractivity (Wildman–Crippen MR) is 87.4 cm³/mol. The number of aliphatic carboxylic acids is 2. The van der Waals surface area contributed by atoms with Gasteiger partial charge in [-0.05, 0) is 12.8 Å². The fourth-order valence-electron chi connectivity index (χ4n) is 3.11. The molecule has 1 rings (SSSR count). The molecule has 0 amide bonds. The van der Waals surface area contributed by atoms with E-state index in [-0.39, 0.29) is 33.0 Å². The molecule has 124 valence electrons. The first-order chi connectivity index (χ1) is 10.1. The Morgan fingerprint density at radius 3 is 1.27 bits per heavy atom. The molecule has 0 aliphatic heterocycles. The standard InChI is InChI=1S/C14H16Cl4O4/c1-3-5-13(11(19)20)9(17)7(15)8(16)10(18)14(13,6-4-2)12(21)22/h3-6H2,1-2H3,(H,19,20)(H,21,22). The van der Waals surface area contributed by atoms with Crippen molar-refractivity contribution in [3.8, 4) is 0 Å². The third kappa shape index (κ3) is 2.44. The zero-order chi connectivity index (χ0) is 17.3. The van der Waals surface area contributed by atoms with Crippen LogP contribution in [0.3, 0.4) is 0 Å². The predicted octanol–water partition coefficient (Wildman–Crippen LogP) is 5.12. The maximum Gasteiger partial charge on any atom is 0.316 e. The van der Waals surface area contributed by atoms with Crippen LogP contribution in [0.2, 0.25) is 0 Å². The van der Waals surface area contributed by atoms with Gasteiger partial charge in [-0.1, -0.05) is 73.1 Å². The molecule has 0 saturated heterocycles. The van der Waals surface area contributed by atoms with Crippen LogP contribution >= 0.6 is 46.4 Å². The average Bonchev–Trinajstić information content (AvgIpc) is 2.45. The fourth-order valence-corrected chi connectivity index (χ4v) is 4.58. The summed E-state index contributed by atoms with van der Waals surface area (Å²) < 4.78 is 0. The molecule has 0 saturated carbocycles. The van der Waals surface area contributed by atoms with Gasteiger partial charge in [0.05, 0.1) is 20.1 Å². The number of allylic oxidation sites excluding steroid dienone is 2. The summed E-state index contributed by atoms with van der Waals surface area (Å²) in [7, 11) is 0. The molecule has 2 unspecified atom stereocenters. The number of hydrogen-bond acceptors (Lipinski definition) is 2. The topological polar surface area (TPSA) is 74.6 Å². The number of halogens is 4. The van der Waals surface area contributed by atoms with Gasteiger partial charge < -0.3 is 10.2 Å². The number of rotatable bonds is 6. The van der Waals surface area contributed by atoms with Crippen molar-refractivity contribution in [1.29, 1.82) is 0 Å². The van der Waals surface area contributed by atoms with Gasteiger partial charge in [-0.2, -0.15) is 0 Å². The summed E-state index contributed by atoms with van der Waals surface area (Å²) in [5.74, 6) is -2.76. The van der Waals surface area contributed by atoms with Gasteiger partial charge in [0.2, 0.25) is 0 Å². The van der Waals surface area contributed by atoms with Crippen molar-refractivity contribution in [2.75, 3.05) is 0 Å². The molecule has 8 heteroatoms. The number of carboxylic acids is 2. The Labute approximate surface area is 148 Å². The van der Waals surface area contributed by atoms with Gasteiger partial charge >= 0.3 is 11.9 Å². The van der Waals surface area contributed by atoms with Crippen LogP contribution in [0.1, 0.15) is 39.5 Å². The minimum Gasteiger partial charge on any atom is -0.481 e. The highest BCUT2D eigenvalue weighted by atomic mass is 35.5. The highest BCUT2D eigenvalue weighted by Crippen LogP contribution is 2.63. The van der Waals surface area contributed by atoms with E-state index in [1.165, 1.54) is 0 Å². The van der Waals surface area contributed by atoms with E-state index in [1.54, 1.807) is 13.8 Å². The first-order valence-corrected chi connectivity index (χ1v) is 8.24. The Hall–Kier alpha value is -0.420. The maximum absolute atomic E-state index is 12.1. The minimum absolute atomic E-state index is 0.0237. The lowest BCUT2D eigenvalue weighted by Gasteiger charge is -2.47. The van der Waals surface area contributed by atoms with Crippen molar-refractivity contribution in [3.05, 3.63) is 20.1 Å². The third-order valence-electron chi connectivity index (χ3n) is 4.04. The lowest BCUT2D eigenvalue weighted by atomic mass is 9.56. The van der Waals surface area contributed by atoms with Gasteiger partial charge in [0.15, 0.2) is 0 Å². The summed E-state index contributed by atoms with van der Waals surface area (Å²) in [6.45, 7) is 3.46. The Bertz CT molecular complexity index is 519. The van der Waals surface area contributed by atoms with Crippen molar-refractivity contribution in [3.63, 3.8) is 0 Å². The second-order valence-electron chi connectivity index (χ2n) is 5.18. The lowest BCUT2D eigenvalue weighted by Crippen LogP contribution is -2.55. The van der Waals surface area contributed by atoms with Crippen LogP contribution in [-0.4, -0.2) is 22.2 Å². The summed E-state index contributed by atoms with van der Waals surface area (Å²) in [6.07, 6.45) is 0.717. The molecule has 0 aromatic rings. The molecule has 2 atom stereocenters. The zero-order valence-electron chi connectivity index (χ0n) is 12.1. The van der Waals surface area contributed by atoms with Crippen LogP contribution in [-0.2, 0) is 9.59 Å². The Balaban J connectivity index is 3.95. The largest absolute Gasteiger partial charge is 0.481 e. The first kappa shape index (κ1) is 19.6. The average molecular weight is 390 g/mol. The van der Waals surface area contributed by atoms with Crippen molar-refractivity contribution in [1.82, 2.24) is 0 Å². The molecule has 2 N–H and O–H groups in total. The number of carbonyl (C=O) groups is 2. The number of hydrogen-bond donors (Lipinski definition) is 2. The first-order valence-electron chi connectivity index (χ1n) is 6.73. The Kier molecular flexibility index (Phi) is 6.24.